The van der Waals surface area contributed by atoms with Gasteiger partial charge in [0.05, 0.1) is 6.10 Å². The van der Waals surface area contributed by atoms with E-state index in [4.69, 9.17) is 4.74 Å². The Bertz CT molecular complexity index is 164. The molecule has 2 nitrogen and oxygen atoms in total. The number of hydrogen-bond acceptors (Lipinski definition) is 2. The fourth-order valence-corrected chi connectivity index (χ4v) is 2.12. The Morgan fingerprint density at radius 2 is 2.40 bits per heavy atom. The van der Waals surface area contributed by atoms with Gasteiger partial charge in [-0.2, -0.15) is 0 Å². The van der Waals surface area contributed by atoms with Crippen molar-refractivity contribution in [3.63, 3.8) is 0 Å². The van der Waals surface area contributed by atoms with Crippen molar-refractivity contribution in [3.05, 3.63) is 12.7 Å². The quantitative estimate of drug-likeness (QED) is 0.654. The van der Waals surface area contributed by atoms with E-state index in [0.29, 0.717) is 12.1 Å². The van der Waals surface area contributed by atoms with E-state index >= 15 is 0 Å². The van der Waals surface area contributed by atoms with Crippen LogP contribution in [0.25, 0.3) is 0 Å². The third-order valence-corrected chi connectivity index (χ3v) is 2.96. The van der Waals surface area contributed by atoms with Crippen molar-refractivity contribution in [2.45, 2.75) is 57.6 Å². The molecule has 2 unspecified atom stereocenters. The van der Waals surface area contributed by atoms with Gasteiger partial charge < -0.3 is 10.1 Å². The first-order chi connectivity index (χ1) is 7.36. The van der Waals surface area contributed by atoms with Crippen molar-refractivity contribution in [1.82, 2.24) is 5.32 Å². The summed E-state index contributed by atoms with van der Waals surface area (Å²) in [6, 6.07) is 0.561. The van der Waals surface area contributed by atoms with Crippen LogP contribution in [0.2, 0.25) is 0 Å². The van der Waals surface area contributed by atoms with Crippen molar-refractivity contribution in [2.24, 2.45) is 0 Å². The molecule has 15 heavy (non-hydrogen) atoms. The normalized spacial score (nSPS) is 23.7. The summed E-state index contributed by atoms with van der Waals surface area (Å²) in [5.74, 6) is 0. The van der Waals surface area contributed by atoms with Gasteiger partial charge >= 0.3 is 0 Å². The first-order valence-electron chi connectivity index (χ1n) is 6.32. The smallest absolute Gasteiger partial charge is 0.0590 e. The standard InChI is InChI=1S/C13H25NO/c1-3-7-12(14-9-4-2)11-13-8-5-6-10-15-13/h3,12-14H,1,4-11H2,2H3. The molecule has 0 bridgehead atoms. The Morgan fingerprint density at radius 3 is 3.00 bits per heavy atom. The Hall–Kier alpha value is -0.340. The zero-order valence-corrected chi connectivity index (χ0v) is 10.0. The second kappa shape index (κ2) is 7.89. The van der Waals surface area contributed by atoms with Gasteiger partial charge in [0.25, 0.3) is 0 Å². The summed E-state index contributed by atoms with van der Waals surface area (Å²) in [6.07, 6.45) is 9.69. The van der Waals surface area contributed by atoms with Crippen LogP contribution in [0.4, 0.5) is 0 Å². The van der Waals surface area contributed by atoms with E-state index < -0.39 is 0 Å². The SMILES string of the molecule is C=CCC(CC1CCCCO1)NCCC. The van der Waals surface area contributed by atoms with Crippen LogP contribution in [0.5, 0.6) is 0 Å². The monoisotopic (exact) mass is 211 g/mol. The molecule has 1 rings (SSSR count). The Balaban J connectivity index is 2.24. The maximum absolute atomic E-state index is 5.76. The van der Waals surface area contributed by atoms with Crippen LogP contribution in [-0.2, 0) is 4.74 Å². The van der Waals surface area contributed by atoms with Crippen molar-refractivity contribution in [1.29, 1.82) is 0 Å². The molecule has 88 valence electrons. The molecule has 0 aromatic rings. The van der Waals surface area contributed by atoms with Gasteiger partial charge in [-0.1, -0.05) is 13.0 Å². The van der Waals surface area contributed by atoms with E-state index in [-0.39, 0.29) is 0 Å². The molecule has 1 heterocycles. The average Bonchev–Trinajstić information content (AvgIpc) is 2.28. The van der Waals surface area contributed by atoms with Gasteiger partial charge in [0.2, 0.25) is 0 Å². The lowest BCUT2D eigenvalue weighted by molar-refractivity contribution is 0.00542. The van der Waals surface area contributed by atoms with E-state index in [1.54, 1.807) is 0 Å². The summed E-state index contributed by atoms with van der Waals surface area (Å²) in [7, 11) is 0. The predicted molar refractivity (Wildman–Crippen MR) is 65.1 cm³/mol. The molecule has 1 saturated heterocycles. The highest BCUT2D eigenvalue weighted by Gasteiger charge is 2.18. The van der Waals surface area contributed by atoms with Crippen LogP contribution < -0.4 is 5.32 Å². The second-order valence-electron chi connectivity index (χ2n) is 4.40. The molecule has 1 aliphatic rings. The minimum absolute atomic E-state index is 0.480. The lowest BCUT2D eigenvalue weighted by Crippen LogP contribution is -2.34. The van der Waals surface area contributed by atoms with Crippen LogP contribution in [0, 0.1) is 0 Å². The molecule has 0 amide bonds. The van der Waals surface area contributed by atoms with Gasteiger partial charge in [-0.05, 0) is 45.1 Å². The number of rotatable bonds is 7. The minimum atomic E-state index is 0.480. The minimum Gasteiger partial charge on any atom is -0.378 e. The topological polar surface area (TPSA) is 21.3 Å². The summed E-state index contributed by atoms with van der Waals surface area (Å²) in [5.41, 5.74) is 0. The third-order valence-electron chi connectivity index (χ3n) is 2.96. The van der Waals surface area contributed by atoms with Crippen LogP contribution in [0.3, 0.4) is 0 Å². The Labute approximate surface area is 94.1 Å². The van der Waals surface area contributed by atoms with Crippen molar-refractivity contribution in [2.75, 3.05) is 13.2 Å². The van der Waals surface area contributed by atoms with Gasteiger partial charge in [0.15, 0.2) is 0 Å². The molecule has 1 N–H and O–H groups in total. The zero-order chi connectivity index (χ0) is 10.9. The fourth-order valence-electron chi connectivity index (χ4n) is 2.12. The molecule has 1 aliphatic heterocycles. The molecule has 0 aromatic carbocycles. The van der Waals surface area contributed by atoms with Crippen LogP contribution >= 0.6 is 0 Å². The highest BCUT2D eigenvalue weighted by Crippen LogP contribution is 2.18. The second-order valence-corrected chi connectivity index (χ2v) is 4.40. The van der Waals surface area contributed by atoms with Crippen molar-refractivity contribution in [3.8, 4) is 0 Å². The van der Waals surface area contributed by atoms with E-state index in [1.165, 1.54) is 25.7 Å². The van der Waals surface area contributed by atoms with E-state index in [0.717, 1.165) is 26.0 Å². The molecule has 0 aliphatic carbocycles. The Kier molecular flexibility index (Phi) is 6.69. The highest BCUT2D eigenvalue weighted by atomic mass is 16.5. The molecule has 0 aromatic heterocycles. The molecular formula is C13H25NO. The molecule has 1 fully saturated rings. The maximum Gasteiger partial charge on any atom is 0.0590 e. The van der Waals surface area contributed by atoms with Crippen molar-refractivity contribution < 1.29 is 4.74 Å². The van der Waals surface area contributed by atoms with Crippen LogP contribution in [0.1, 0.15) is 45.4 Å². The zero-order valence-electron chi connectivity index (χ0n) is 10.0. The van der Waals surface area contributed by atoms with Gasteiger partial charge in [-0.25, -0.2) is 0 Å². The predicted octanol–water partition coefficient (Wildman–Crippen LogP) is 2.89. The van der Waals surface area contributed by atoms with Gasteiger partial charge in [0, 0.05) is 12.6 Å². The van der Waals surface area contributed by atoms with Crippen LogP contribution in [-0.4, -0.2) is 25.3 Å². The number of hydrogen-bond donors (Lipinski definition) is 1. The fraction of sp³-hybridized carbons (Fsp3) is 0.846. The Morgan fingerprint density at radius 1 is 1.53 bits per heavy atom. The molecule has 0 spiro atoms. The summed E-state index contributed by atoms with van der Waals surface area (Å²) < 4.78 is 5.76. The largest absolute Gasteiger partial charge is 0.378 e. The molecular weight excluding hydrogens is 186 g/mol. The average molecular weight is 211 g/mol. The molecule has 0 radical (unpaired) electrons. The summed E-state index contributed by atoms with van der Waals surface area (Å²) >= 11 is 0. The van der Waals surface area contributed by atoms with Gasteiger partial charge in [-0.15, -0.1) is 6.58 Å². The lowest BCUT2D eigenvalue weighted by Gasteiger charge is -2.27. The van der Waals surface area contributed by atoms with Crippen molar-refractivity contribution >= 4 is 0 Å². The summed E-state index contributed by atoms with van der Waals surface area (Å²) in [4.78, 5) is 0. The summed E-state index contributed by atoms with van der Waals surface area (Å²) in [5, 5.41) is 3.57. The number of nitrogens with one attached hydrogen (secondary N) is 1. The summed E-state index contributed by atoms with van der Waals surface area (Å²) in [6.45, 7) is 8.08. The highest BCUT2D eigenvalue weighted by molar-refractivity contribution is 4.81. The molecule has 2 heteroatoms. The van der Waals surface area contributed by atoms with Gasteiger partial charge in [-0.3, -0.25) is 0 Å². The first-order valence-corrected chi connectivity index (χ1v) is 6.32. The number of ether oxygens (including phenoxy) is 1. The maximum atomic E-state index is 5.76. The van der Waals surface area contributed by atoms with E-state index in [9.17, 15) is 0 Å². The van der Waals surface area contributed by atoms with Crippen LogP contribution in [0.15, 0.2) is 12.7 Å². The van der Waals surface area contributed by atoms with E-state index in [1.807, 2.05) is 6.08 Å². The first kappa shape index (κ1) is 12.7. The van der Waals surface area contributed by atoms with E-state index in [2.05, 4.69) is 18.8 Å². The lowest BCUT2D eigenvalue weighted by atomic mass is 10.00. The molecule has 2 atom stereocenters. The van der Waals surface area contributed by atoms with Gasteiger partial charge in [0.1, 0.15) is 0 Å². The molecule has 0 saturated carbocycles. The third kappa shape index (κ3) is 5.33.